The molecule has 0 bridgehead atoms. The Hall–Kier alpha value is -1.56. The van der Waals surface area contributed by atoms with Gasteiger partial charge in [-0.2, -0.15) is 0 Å². The van der Waals surface area contributed by atoms with Crippen molar-refractivity contribution in [3.05, 3.63) is 54.1 Å². The summed E-state index contributed by atoms with van der Waals surface area (Å²) in [5, 5.41) is 2.67. The average Bonchev–Trinajstić information content (AvgIpc) is 2.39. The number of fused-ring (bicyclic) bond motifs is 1. The molecule has 2 rings (SSSR count). The standard InChI is InChI=1S/C17H20/c1-2-3-4-5-6-10-15-12-9-13-16-11-7-8-14-17(15)16/h6-14H,2-5H2,1H3/b10-6+. The predicted octanol–water partition coefficient (Wildman–Crippen LogP) is 5.43. The van der Waals surface area contributed by atoms with Gasteiger partial charge in [-0.15, -0.1) is 0 Å². The van der Waals surface area contributed by atoms with Crippen molar-refractivity contribution >= 4 is 16.8 Å². The zero-order valence-electron chi connectivity index (χ0n) is 10.5. The molecule has 88 valence electrons. The third-order valence-corrected chi connectivity index (χ3v) is 3.10. The van der Waals surface area contributed by atoms with Gasteiger partial charge in [0.15, 0.2) is 0 Å². The van der Waals surface area contributed by atoms with Gasteiger partial charge in [-0.1, -0.05) is 74.4 Å². The van der Waals surface area contributed by atoms with Crippen LogP contribution in [0, 0.1) is 0 Å². The second-order valence-electron chi connectivity index (χ2n) is 4.47. The molecule has 17 heavy (non-hydrogen) atoms. The summed E-state index contributed by atoms with van der Waals surface area (Å²) < 4.78 is 0. The number of benzene rings is 2. The minimum atomic E-state index is 1.19. The first-order valence-electron chi connectivity index (χ1n) is 6.56. The van der Waals surface area contributed by atoms with E-state index in [9.17, 15) is 0 Å². The maximum atomic E-state index is 2.30. The van der Waals surface area contributed by atoms with E-state index in [1.807, 2.05) is 0 Å². The lowest BCUT2D eigenvalue weighted by molar-refractivity contribution is 0.730. The largest absolute Gasteiger partial charge is 0.0839 e. The van der Waals surface area contributed by atoms with Crippen molar-refractivity contribution in [2.45, 2.75) is 32.6 Å². The maximum absolute atomic E-state index is 2.30. The van der Waals surface area contributed by atoms with E-state index >= 15 is 0 Å². The summed E-state index contributed by atoms with van der Waals surface area (Å²) in [4.78, 5) is 0. The van der Waals surface area contributed by atoms with E-state index in [1.54, 1.807) is 0 Å². The van der Waals surface area contributed by atoms with Crippen molar-refractivity contribution < 1.29 is 0 Å². The molecule has 2 aromatic carbocycles. The highest BCUT2D eigenvalue weighted by atomic mass is 14.0. The fourth-order valence-corrected chi connectivity index (χ4v) is 2.12. The first-order chi connectivity index (χ1) is 8.42. The molecule has 0 saturated heterocycles. The molecule has 0 unspecified atom stereocenters. The zero-order valence-corrected chi connectivity index (χ0v) is 10.5. The Labute approximate surface area is 104 Å². The molecule has 0 heterocycles. The Morgan fingerprint density at radius 2 is 1.76 bits per heavy atom. The van der Waals surface area contributed by atoms with Crippen LogP contribution in [0.4, 0.5) is 0 Å². The van der Waals surface area contributed by atoms with E-state index in [4.69, 9.17) is 0 Å². The summed E-state index contributed by atoms with van der Waals surface area (Å²) in [6, 6.07) is 15.1. The highest BCUT2D eigenvalue weighted by Gasteiger charge is 1.95. The Kier molecular flexibility index (Phi) is 4.37. The normalized spacial score (nSPS) is 11.4. The van der Waals surface area contributed by atoms with Crippen molar-refractivity contribution in [1.82, 2.24) is 0 Å². The zero-order chi connectivity index (χ0) is 11.9. The van der Waals surface area contributed by atoms with Gasteiger partial charge in [0.2, 0.25) is 0 Å². The molecule has 0 nitrogen and oxygen atoms in total. The molecule has 0 N–H and O–H groups in total. The van der Waals surface area contributed by atoms with Crippen LogP contribution in [0.3, 0.4) is 0 Å². The van der Waals surface area contributed by atoms with Crippen molar-refractivity contribution in [3.63, 3.8) is 0 Å². The molecule has 2 aromatic rings. The van der Waals surface area contributed by atoms with Crippen LogP contribution < -0.4 is 0 Å². The van der Waals surface area contributed by atoms with Crippen LogP contribution in [0.15, 0.2) is 48.5 Å². The Bertz CT molecular complexity index is 489. The fourth-order valence-electron chi connectivity index (χ4n) is 2.12. The Balaban J connectivity index is 2.13. The second-order valence-corrected chi connectivity index (χ2v) is 4.47. The van der Waals surface area contributed by atoms with Crippen LogP contribution in [0.5, 0.6) is 0 Å². The van der Waals surface area contributed by atoms with Gasteiger partial charge in [0.05, 0.1) is 0 Å². The average molecular weight is 224 g/mol. The van der Waals surface area contributed by atoms with Gasteiger partial charge in [-0.05, 0) is 29.2 Å². The van der Waals surface area contributed by atoms with Gasteiger partial charge in [0, 0.05) is 0 Å². The third-order valence-electron chi connectivity index (χ3n) is 3.10. The number of hydrogen-bond acceptors (Lipinski definition) is 0. The monoisotopic (exact) mass is 224 g/mol. The van der Waals surface area contributed by atoms with Gasteiger partial charge < -0.3 is 0 Å². The Morgan fingerprint density at radius 1 is 0.941 bits per heavy atom. The van der Waals surface area contributed by atoms with Crippen molar-refractivity contribution in [2.24, 2.45) is 0 Å². The summed E-state index contributed by atoms with van der Waals surface area (Å²) in [7, 11) is 0. The lowest BCUT2D eigenvalue weighted by Gasteiger charge is -2.01. The van der Waals surface area contributed by atoms with Gasteiger partial charge >= 0.3 is 0 Å². The van der Waals surface area contributed by atoms with Gasteiger partial charge in [0.1, 0.15) is 0 Å². The molecule has 0 fully saturated rings. The van der Waals surface area contributed by atoms with E-state index in [-0.39, 0.29) is 0 Å². The highest BCUT2D eigenvalue weighted by Crippen LogP contribution is 2.19. The molecule has 0 aliphatic carbocycles. The number of rotatable bonds is 5. The van der Waals surface area contributed by atoms with Crippen LogP contribution in [0.25, 0.3) is 16.8 Å². The van der Waals surface area contributed by atoms with Crippen LogP contribution in [0.2, 0.25) is 0 Å². The SMILES string of the molecule is CCCCC/C=C/c1cccc2ccccc12. The van der Waals surface area contributed by atoms with Gasteiger partial charge in [-0.25, -0.2) is 0 Å². The molecule has 0 atom stereocenters. The summed E-state index contributed by atoms with van der Waals surface area (Å²) in [6.07, 6.45) is 9.69. The summed E-state index contributed by atoms with van der Waals surface area (Å²) in [6.45, 7) is 2.24. The van der Waals surface area contributed by atoms with Crippen molar-refractivity contribution in [1.29, 1.82) is 0 Å². The van der Waals surface area contributed by atoms with Gasteiger partial charge in [0.25, 0.3) is 0 Å². The molecule has 0 aliphatic rings. The maximum Gasteiger partial charge on any atom is -0.0112 e. The summed E-state index contributed by atoms with van der Waals surface area (Å²) >= 11 is 0. The first-order valence-corrected chi connectivity index (χ1v) is 6.56. The minimum Gasteiger partial charge on any atom is -0.0839 e. The van der Waals surface area contributed by atoms with E-state index in [1.165, 1.54) is 42.0 Å². The quantitative estimate of drug-likeness (QED) is 0.594. The molecule has 0 amide bonds. The lowest BCUT2D eigenvalue weighted by Crippen LogP contribution is -1.77. The van der Waals surface area contributed by atoms with Crippen LogP contribution >= 0.6 is 0 Å². The molecule has 0 aliphatic heterocycles. The van der Waals surface area contributed by atoms with E-state index < -0.39 is 0 Å². The predicted molar refractivity (Wildman–Crippen MR) is 77.1 cm³/mol. The van der Waals surface area contributed by atoms with Crippen LogP contribution in [0.1, 0.15) is 38.2 Å². The molecular formula is C17H20. The molecule has 0 saturated carbocycles. The van der Waals surface area contributed by atoms with E-state index in [0.29, 0.717) is 0 Å². The lowest BCUT2D eigenvalue weighted by atomic mass is 10.0. The Morgan fingerprint density at radius 3 is 2.65 bits per heavy atom. The minimum absolute atomic E-state index is 1.19. The topological polar surface area (TPSA) is 0 Å². The van der Waals surface area contributed by atoms with Crippen molar-refractivity contribution in [3.8, 4) is 0 Å². The molecule has 0 spiro atoms. The highest BCUT2D eigenvalue weighted by molar-refractivity contribution is 5.90. The number of unbranched alkanes of at least 4 members (excludes halogenated alkanes) is 3. The van der Waals surface area contributed by atoms with Gasteiger partial charge in [-0.3, -0.25) is 0 Å². The third kappa shape index (κ3) is 3.20. The first kappa shape index (κ1) is 11.9. The smallest absolute Gasteiger partial charge is 0.0112 e. The van der Waals surface area contributed by atoms with Crippen LogP contribution in [-0.2, 0) is 0 Å². The summed E-state index contributed by atoms with van der Waals surface area (Å²) in [5.41, 5.74) is 1.33. The number of allylic oxidation sites excluding steroid dienone is 1. The second kappa shape index (κ2) is 6.24. The fraction of sp³-hybridized carbons (Fsp3) is 0.294. The van der Waals surface area contributed by atoms with Crippen LogP contribution in [-0.4, -0.2) is 0 Å². The number of hydrogen-bond donors (Lipinski definition) is 0. The van der Waals surface area contributed by atoms with Crippen molar-refractivity contribution in [2.75, 3.05) is 0 Å². The summed E-state index contributed by atoms with van der Waals surface area (Å²) in [5.74, 6) is 0. The van der Waals surface area contributed by atoms with E-state index in [0.717, 1.165) is 0 Å². The molecular weight excluding hydrogens is 204 g/mol. The van der Waals surface area contributed by atoms with E-state index in [2.05, 4.69) is 61.5 Å². The molecule has 0 heteroatoms. The molecule has 0 aromatic heterocycles. The molecule has 0 radical (unpaired) electrons.